The molecule has 0 saturated carbocycles. The highest BCUT2D eigenvalue weighted by Gasteiger charge is 2.31. The third-order valence-electron chi connectivity index (χ3n) is 5.85. The van der Waals surface area contributed by atoms with Gasteiger partial charge in [-0.05, 0) is 56.3 Å². The summed E-state index contributed by atoms with van der Waals surface area (Å²) in [5, 5.41) is 8.90. The summed E-state index contributed by atoms with van der Waals surface area (Å²) in [6, 6.07) is 13.5. The van der Waals surface area contributed by atoms with E-state index in [-0.39, 0.29) is 23.9 Å². The van der Waals surface area contributed by atoms with Crippen LogP contribution in [-0.2, 0) is 16.6 Å². The van der Waals surface area contributed by atoms with Gasteiger partial charge in [0, 0.05) is 37.6 Å². The third-order valence-corrected chi connectivity index (χ3v) is 7.76. The predicted octanol–water partition coefficient (Wildman–Crippen LogP) is 2.76. The number of aryl methyl sites for hydroxylation is 1. The van der Waals surface area contributed by atoms with Crippen molar-refractivity contribution in [3.05, 3.63) is 77.0 Å². The highest BCUT2D eigenvalue weighted by Crippen LogP contribution is 2.22. The van der Waals surface area contributed by atoms with E-state index in [1.165, 1.54) is 28.6 Å². The molecule has 0 radical (unpaired) electrons. The zero-order chi connectivity index (χ0) is 22.9. The lowest BCUT2D eigenvalue weighted by atomic mass is 10.2. The number of carbonyl (C=O) groups excluding carboxylic acids is 1. The van der Waals surface area contributed by atoms with Crippen LogP contribution in [0.2, 0.25) is 0 Å². The molecule has 1 amide bonds. The van der Waals surface area contributed by atoms with Crippen molar-refractivity contribution < 1.29 is 17.6 Å². The van der Waals surface area contributed by atoms with E-state index in [0.29, 0.717) is 30.8 Å². The lowest BCUT2D eigenvalue weighted by molar-refractivity contribution is 0.0697. The molecule has 4 rings (SSSR count). The minimum Gasteiger partial charge on any atom is -0.467 e. The van der Waals surface area contributed by atoms with Gasteiger partial charge in [0.25, 0.3) is 5.91 Å². The van der Waals surface area contributed by atoms with E-state index < -0.39 is 10.0 Å². The SMILES string of the molecule is Cc1cc(C(=O)N2CCN(S(=O)(=O)c3ccc(C#N)cc3)CC2)c(C)n1Cc1ccco1. The van der Waals surface area contributed by atoms with Crippen LogP contribution in [0.4, 0.5) is 0 Å². The molecule has 9 heteroatoms. The van der Waals surface area contributed by atoms with Gasteiger partial charge in [-0.15, -0.1) is 0 Å². The molecule has 0 atom stereocenters. The van der Waals surface area contributed by atoms with Crippen molar-refractivity contribution in [1.82, 2.24) is 13.8 Å². The molecule has 1 aliphatic heterocycles. The quantitative estimate of drug-likeness (QED) is 0.593. The second-order valence-corrected chi connectivity index (χ2v) is 9.72. The molecule has 3 aromatic rings. The molecule has 0 spiro atoms. The smallest absolute Gasteiger partial charge is 0.255 e. The second kappa shape index (κ2) is 8.65. The fraction of sp³-hybridized carbons (Fsp3) is 0.304. The minimum absolute atomic E-state index is 0.0979. The van der Waals surface area contributed by atoms with E-state index in [9.17, 15) is 13.2 Å². The predicted molar refractivity (Wildman–Crippen MR) is 118 cm³/mol. The van der Waals surface area contributed by atoms with Gasteiger partial charge in [-0.3, -0.25) is 4.79 Å². The van der Waals surface area contributed by atoms with Crippen LogP contribution < -0.4 is 0 Å². The molecule has 2 aromatic heterocycles. The van der Waals surface area contributed by atoms with Gasteiger partial charge in [-0.1, -0.05) is 0 Å². The Morgan fingerprint density at radius 2 is 1.78 bits per heavy atom. The Bertz CT molecular complexity index is 1260. The third kappa shape index (κ3) is 4.07. The summed E-state index contributed by atoms with van der Waals surface area (Å²) in [5.74, 6) is 0.714. The molecule has 1 aliphatic rings. The number of furan rings is 1. The summed E-state index contributed by atoms with van der Waals surface area (Å²) in [6.45, 7) is 5.49. The minimum atomic E-state index is -3.67. The number of rotatable bonds is 5. The number of hydrogen-bond acceptors (Lipinski definition) is 5. The zero-order valence-electron chi connectivity index (χ0n) is 18.0. The van der Waals surface area contributed by atoms with Crippen LogP contribution in [0.1, 0.15) is 33.1 Å². The number of aromatic nitrogens is 1. The van der Waals surface area contributed by atoms with Gasteiger partial charge >= 0.3 is 0 Å². The first-order chi connectivity index (χ1) is 15.3. The number of amides is 1. The van der Waals surface area contributed by atoms with Gasteiger partial charge in [0.2, 0.25) is 10.0 Å². The molecule has 0 aliphatic carbocycles. The first-order valence-corrected chi connectivity index (χ1v) is 11.7. The molecule has 1 saturated heterocycles. The molecule has 0 bridgehead atoms. The van der Waals surface area contributed by atoms with Crippen molar-refractivity contribution in [2.24, 2.45) is 0 Å². The Balaban J connectivity index is 1.45. The topological polar surface area (TPSA) is 99.5 Å². The zero-order valence-corrected chi connectivity index (χ0v) is 18.8. The number of sulfonamides is 1. The molecule has 3 heterocycles. The molecular formula is C23H24N4O4S. The van der Waals surface area contributed by atoms with E-state index in [4.69, 9.17) is 9.68 Å². The lowest BCUT2D eigenvalue weighted by Gasteiger charge is -2.34. The fourth-order valence-electron chi connectivity index (χ4n) is 3.97. The van der Waals surface area contributed by atoms with Crippen molar-refractivity contribution in [3.63, 3.8) is 0 Å². The Morgan fingerprint density at radius 1 is 1.09 bits per heavy atom. The summed E-state index contributed by atoms with van der Waals surface area (Å²) in [4.78, 5) is 15.0. The highest BCUT2D eigenvalue weighted by molar-refractivity contribution is 7.89. The van der Waals surface area contributed by atoms with E-state index in [1.54, 1.807) is 11.2 Å². The van der Waals surface area contributed by atoms with Crippen molar-refractivity contribution in [2.45, 2.75) is 25.3 Å². The van der Waals surface area contributed by atoms with Crippen LogP contribution in [0.3, 0.4) is 0 Å². The van der Waals surface area contributed by atoms with Crippen LogP contribution in [0, 0.1) is 25.2 Å². The van der Waals surface area contributed by atoms with Gasteiger partial charge in [0.05, 0.1) is 34.9 Å². The maximum Gasteiger partial charge on any atom is 0.255 e. The standard InChI is InChI=1S/C23H24N4O4S/c1-17-14-22(18(2)27(17)16-20-4-3-13-31-20)23(28)25-9-11-26(12-10-25)32(29,30)21-7-5-19(15-24)6-8-21/h3-8,13-14H,9-12,16H2,1-2H3. The molecule has 32 heavy (non-hydrogen) atoms. The number of nitrogens with zero attached hydrogens (tertiary/aromatic N) is 4. The van der Waals surface area contributed by atoms with Gasteiger partial charge < -0.3 is 13.9 Å². The van der Waals surface area contributed by atoms with Crippen LogP contribution in [0.5, 0.6) is 0 Å². The summed E-state index contributed by atoms with van der Waals surface area (Å²) < 4.78 is 34.7. The molecule has 8 nitrogen and oxygen atoms in total. The number of nitriles is 1. The number of hydrogen-bond donors (Lipinski definition) is 0. The largest absolute Gasteiger partial charge is 0.467 e. The second-order valence-electron chi connectivity index (χ2n) is 7.78. The van der Waals surface area contributed by atoms with E-state index in [0.717, 1.165) is 17.1 Å². The maximum atomic E-state index is 13.2. The average molecular weight is 453 g/mol. The number of benzene rings is 1. The normalized spacial score (nSPS) is 15.0. The van der Waals surface area contributed by atoms with Gasteiger partial charge in [-0.25, -0.2) is 8.42 Å². The first-order valence-electron chi connectivity index (χ1n) is 10.3. The number of carbonyl (C=O) groups is 1. The molecule has 166 valence electrons. The summed E-state index contributed by atoms with van der Waals surface area (Å²) in [7, 11) is -3.67. The van der Waals surface area contributed by atoms with Gasteiger partial charge in [0.1, 0.15) is 5.76 Å². The molecule has 1 aromatic carbocycles. The molecule has 0 N–H and O–H groups in total. The van der Waals surface area contributed by atoms with Crippen LogP contribution in [0.15, 0.2) is 58.0 Å². The number of piperazine rings is 1. The first kappa shape index (κ1) is 21.9. The lowest BCUT2D eigenvalue weighted by Crippen LogP contribution is -2.50. The van der Waals surface area contributed by atoms with Crippen LogP contribution in [0.25, 0.3) is 0 Å². The molecule has 0 unspecified atom stereocenters. The average Bonchev–Trinajstić information content (AvgIpc) is 3.42. The van der Waals surface area contributed by atoms with Crippen molar-refractivity contribution in [3.8, 4) is 6.07 Å². The molecular weight excluding hydrogens is 428 g/mol. The summed E-state index contributed by atoms with van der Waals surface area (Å²) in [5.41, 5.74) is 2.85. The monoisotopic (exact) mass is 452 g/mol. The molecule has 1 fully saturated rings. The van der Waals surface area contributed by atoms with Crippen molar-refractivity contribution in [2.75, 3.05) is 26.2 Å². The Morgan fingerprint density at radius 3 is 2.38 bits per heavy atom. The summed E-state index contributed by atoms with van der Waals surface area (Å²) >= 11 is 0. The van der Waals surface area contributed by atoms with Gasteiger partial charge in [0.15, 0.2) is 0 Å². The Kier molecular flexibility index (Phi) is 5.91. The Hall–Kier alpha value is -3.35. The maximum absolute atomic E-state index is 13.2. The Labute approximate surface area is 187 Å². The van der Waals surface area contributed by atoms with Crippen molar-refractivity contribution in [1.29, 1.82) is 5.26 Å². The van der Waals surface area contributed by atoms with Crippen LogP contribution >= 0.6 is 0 Å². The fourth-order valence-corrected chi connectivity index (χ4v) is 5.39. The van der Waals surface area contributed by atoms with E-state index in [1.807, 2.05) is 42.7 Å². The van der Waals surface area contributed by atoms with E-state index >= 15 is 0 Å². The summed E-state index contributed by atoms with van der Waals surface area (Å²) in [6.07, 6.45) is 1.63. The van der Waals surface area contributed by atoms with E-state index in [2.05, 4.69) is 0 Å². The van der Waals surface area contributed by atoms with Gasteiger partial charge in [-0.2, -0.15) is 9.57 Å². The van der Waals surface area contributed by atoms with Crippen LogP contribution in [-0.4, -0.2) is 54.3 Å². The van der Waals surface area contributed by atoms with Crippen molar-refractivity contribution >= 4 is 15.9 Å². The highest BCUT2D eigenvalue weighted by atomic mass is 32.2.